The summed E-state index contributed by atoms with van der Waals surface area (Å²) in [4.78, 5) is 13.9. The monoisotopic (exact) mass is 327 g/mol. The normalized spacial score (nSPS) is 15.0. The third kappa shape index (κ3) is 4.57. The fourth-order valence-corrected chi connectivity index (χ4v) is 2.72. The molecule has 1 aliphatic rings. The Balaban J connectivity index is 1.58. The van der Waals surface area contributed by atoms with Crippen molar-refractivity contribution >= 4 is 5.91 Å². The van der Waals surface area contributed by atoms with Crippen molar-refractivity contribution in [2.75, 3.05) is 39.4 Å². The number of rotatable bonds is 6. The van der Waals surface area contributed by atoms with Gasteiger partial charge in [-0.05, 0) is 24.3 Å². The number of ether oxygens (including phenoxy) is 2. The van der Waals surface area contributed by atoms with Gasteiger partial charge in [-0.3, -0.25) is 4.79 Å². The molecule has 2 aromatic rings. The average Bonchev–Trinajstić information content (AvgIpc) is 2.64. The molecule has 2 aromatic carbocycles. The van der Waals surface area contributed by atoms with Crippen molar-refractivity contribution in [1.29, 1.82) is 0 Å². The highest BCUT2D eigenvalue weighted by molar-refractivity contribution is 5.97. The van der Waals surface area contributed by atoms with Crippen LogP contribution in [-0.4, -0.2) is 45.3 Å². The molecule has 1 amide bonds. The zero-order valence-corrected chi connectivity index (χ0v) is 13.7. The van der Waals surface area contributed by atoms with Gasteiger partial charge in [0.25, 0.3) is 5.91 Å². The largest absolute Gasteiger partial charge is 0.457 e. The van der Waals surface area contributed by atoms with E-state index >= 15 is 0 Å². The van der Waals surface area contributed by atoms with Crippen LogP contribution in [0.1, 0.15) is 10.4 Å². The van der Waals surface area contributed by atoms with Crippen LogP contribution < -0.4 is 15.0 Å². The van der Waals surface area contributed by atoms with Crippen LogP contribution in [0.3, 0.4) is 0 Å². The summed E-state index contributed by atoms with van der Waals surface area (Å²) in [6, 6.07) is 16.8. The average molecular weight is 327 g/mol. The number of nitrogens with one attached hydrogen (secondary N) is 2. The summed E-state index contributed by atoms with van der Waals surface area (Å²) in [7, 11) is 0. The lowest BCUT2D eigenvalue weighted by Gasteiger charge is -2.23. The van der Waals surface area contributed by atoms with Gasteiger partial charge >= 0.3 is 0 Å². The van der Waals surface area contributed by atoms with Gasteiger partial charge < -0.3 is 19.7 Å². The number of quaternary nitrogens is 1. The second-order valence-electron chi connectivity index (χ2n) is 5.78. The van der Waals surface area contributed by atoms with E-state index in [1.807, 2.05) is 48.5 Å². The molecule has 0 unspecified atom stereocenters. The summed E-state index contributed by atoms with van der Waals surface area (Å²) in [5, 5.41) is 2.99. The summed E-state index contributed by atoms with van der Waals surface area (Å²) in [6.45, 7) is 5.17. The first kappa shape index (κ1) is 16.5. The topological polar surface area (TPSA) is 52.0 Å². The SMILES string of the molecule is O=C(NCC[NH+]1CCOCC1)c1ccccc1Oc1ccccc1. The summed E-state index contributed by atoms with van der Waals surface area (Å²) >= 11 is 0. The molecule has 0 saturated carbocycles. The maximum atomic E-state index is 12.5. The summed E-state index contributed by atoms with van der Waals surface area (Å²) in [5.41, 5.74) is 0.554. The van der Waals surface area contributed by atoms with Gasteiger partial charge in [0.2, 0.25) is 0 Å². The lowest BCUT2D eigenvalue weighted by atomic mass is 10.2. The lowest BCUT2D eigenvalue weighted by molar-refractivity contribution is -0.906. The van der Waals surface area contributed by atoms with E-state index < -0.39 is 0 Å². The number of carbonyl (C=O) groups is 1. The van der Waals surface area contributed by atoms with Gasteiger partial charge in [-0.2, -0.15) is 0 Å². The Kier molecular flexibility index (Phi) is 5.82. The van der Waals surface area contributed by atoms with E-state index in [2.05, 4.69) is 5.32 Å². The van der Waals surface area contributed by atoms with Crippen LogP contribution in [0.15, 0.2) is 54.6 Å². The highest BCUT2D eigenvalue weighted by atomic mass is 16.5. The van der Waals surface area contributed by atoms with E-state index in [1.54, 1.807) is 6.07 Å². The number of para-hydroxylation sites is 2. The molecule has 0 bridgehead atoms. The maximum Gasteiger partial charge on any atom is 0.255 e. The number of amides is 1. The molecule has 0 radical (unpaired) electrons. The number of hydrogen-bond donors (Lipinski definition) is 2. The number of hydrogen-bond acceptors (Lipinski definition) is 3. The molecule has 1 saturated heterocycles. The molecule has 5 nitrogen and oxygen atoms in total. The van der Waals surface area contributed by atoms with Crippen LogP contribution in [0.4, 0.5) is 0 Å². The van der Waals surface area contributed by atoms with Gasteiger partial charge in [0, 0.05) is 0 Å². The predicted octanol–water partition coefficient (Wildman–Crippen LogP) is 1.12. The fourth-order valence-electron chi connectivity index (χ4n) is 2.72. The van der Waals surface area contributed by atoms with Gasteiger partial charge in [-0.1, -0.05) is 30.3 Å². The molecule has 1 fully saturated rings. The Morgan fingerprint density at radius 1 is 1.04 bits per heavy atom. The molecule has 0 spiro atoms. The van der Waals surface area contributed by atoms with Crippen molar-refractivity contribution in [3.63, 3.8) is 0 Å². The van der Waals surface area contributed by atoms with E-state index in [-0.39, 0.29) is 5.91 Å². The molecule has 1 aliphatic heterocycles. The Morgan fingerprint density at radius 3 is 2.54 bits per heavy atom. The van der Waals surface area contributed by atoms with Gasteiger partial charge in [-0.15, -0.1) is 0 Å². The van der Waals surface area contributed by atoms with Gasteiger partial charge in [-0.25, -0.2) is 0 Å². The lowest BCUT2D eigenvalue weighted by Crippen LogP contribution is -3.14. The van der Waals surface area contributed by atoms with E-state index in [0.29, 0.717) is 17.9 Å². The highest BCUT2D eigenvalue weighted by Gasteiger charge is 2.16. The zero-order chi connectivity index (χ0) is 16.6. The second-order valence-corrected chi connectivity index (χ2v) is 5.78. The van der Waals surface area contributed by atoms with Crippen molar-refractivity contribution in [3.8, 4) is 11.5 Å². The zero-order valence-electron chi connectivity index (χ0n) is 13.7. The van der Waals surface area contributed by atoms with Gasteiger partial charge in [0.05, 0.1) is 31.9 Å². The minimum Gasteiger partial charge on any atom is -0.457 e. The summed E-state index contributed by atoms with van der Waals surface area (Å²) in [6.07, 6.45) is 0. The standard InChI is InChI=1S/C19H22N2O3/c22-19(20-10-11-21-12-14-23-15-13-21)17-8-4-5-9-18(17)24-16-6-2-1-3-7-16/h1-9H,10-15H2,(H,20,22)/p+1. The molecule has 2 N–H and O–H groups in total. The molecule has 0 atom stereocenters. The maximum absolute atomic E-state index is 12.5. The van der Waals surface area contributed by atoms with Crippen molar-refractivity contribution in [1.82, 2.24) is 5.32 Å². The Bertz CT molecular complexity index is 655. The number of carbonyl (C=O) groups excluding carboxylic acids is 1. The molecule has 24 heavy (non-hydrogen) atoms. The Hall–Kier alpha value is -2.37. The van der Waals surface area contributed by atoms with Crippen LogP contribution >= 0.6 is 0 Å². The van der Waals surface area contributed by atoms with Crippen molar-refractivity contribution in [3.05, 3.63) is 60.2 Å². The third-order valence-electron chi connectivity index (χ3n) is 4.07. The van der Waals surface area contributed by atoms with Crippen molar-refractivity contribution < 1.29 is 19.2 Å². The van der Waals surface area contributed by atoms with Crippen LogP contribution in [0.5, 0.6) is 11.5 Å². The molecule has 5 heteroatoms. The first-order valence-corrected chi connectivity index (χ1v) is 8.34. The minimum atomic E-state index is -0.103. The van der Waals surface area contributed by atoms with Crippen LogP contribution in [0.2, 0.25) is 0 Å². The van der Waals surface area contributed by atoms with Crippen LogP contribution in [-0.2, 0) is 4.74 Å². The van der Waals surface area contributed by atoms with E-state index in [1.165, 1.54) is 4.90 Å². The fraction of sp³-hybridized carbons (Fsp3) is 0.316. The van der Waals surface area contributed by atoms with Gasteiger partial charge in [0.1, 0.15) is 24.6 Å². The van der Waals surface area contributed by atoms with Crippen LogP contribution in [0, 0.1) is 0 Å². The highest BCUT2D eigenvalue weighted by Crippen LogP contribution is 2.24. The van der Waals surface area contributed by atoms with Crippen molar-refractivity contribution in [2.45, 2.75) is 0 Å². The summed E-state index contributed by atoms with van der Waals surface area (Å²) < 4.78 is 11.2. The molecule has 3 rings (SSSR count). The van der Waals surface area contributed by atoms with Crippen molar-refractivity contribution in [2.24, 2.45) is 0 Å². The first-order chi connectivity index (χ1) is 11.8. The van der Waals surface area contributed by atoms with E-state index in [0.717, 1.165) is 38.6 Å². The smallest absolute Gasteiger partial charge is 0.255 e. The quantitative estimate of drug-likeness (QED) is 0.836. The molecule has 126 valence electrons. The van der Waals surface area contributed by atoms with Crippen LogP contribution in [0.25, 0.3) is 0 Å². The molecule has 0 aliphatic carbocycles. The van der Waals surface area contributed by atoms with Gasteiger partial charge in [0.15, 0.2) is 0 Å². The van der Waals surface area contributed by atoms with E-state index in [9.17, 15) is 4.79 Å². The minimum absolute atomic E-state index is 0.103. The third-order valence-corrected chi connectivity index (χ3v) is 4.07. The number of morpholine rings is 1. The number of benzene rings is 2. The Labute approximate surface area is 142 Å². The molecular formula is C19H23N2O3+. The Morgan fingerprint density at radius 2 is 1.75 bits per heavy atom. The second kappa shape index (κ2) is 8.47. The molecule has 1 heterocycles. The predicted molar refractivity (Wildman–Crippen MR) is 91.7 cm³/mol. The molecular weight excluding hydrogens is 304 g/mol. The van der Waals surface area contributed by atoms with E-state index in [4.69, 9.17) is 9.47 Å². The first-order valence-electron chi connectivity index (χ1n) is 8.34. The molecule has 0 aromatic heterocycles. The summed E-state index contributed by atoms with van der Waals surface area (Å²) in [5.74, 6) is 1.18.